The summed E-state index contributed by atoms with van der Waals surface area (Å²) < 4.78 is 13.0. The third-order valence-corrected chi connectivity index (χ3v) is 5.01. The molecular formula is C22H28FN3O. The van der Waals surface area contributed by atoms with Gasteiger partial charge in [-0.1, -0.05) is 30.4 Å². The number of halogens is 1. The highest BCUT2D eigenvalue weighted by Crippen LogP contribution is 2.16. The summed E-state index contributed by atoms with van der Waals surface area (Å²) in [4.78, 5) is 9.45. The summed E-state index contributed by atoms with van der Waals surface area (Å²) in [5.41, 5.74) is 3.13. The molecular weight excluding hydrogens is 341 g/mol. The maximum atomic E-state index is 13.0. The Kier molecular flexibility index (Phi) is 7.10. The zero-order valence-corrected chi connectivity index (χ0v) is 15.9. The number of aryl methyl sites for hydroxylation is 1. The van der Waals surface area contributed by atoms with Crippen LogP contribution in [0.25, 0.3) is 6.08 Å². The molecule has 2 heterocycles. The Hall–Kier alpha value is -2.08. The van der Waals surface area contributed by atoms with Gasteiger partial charge in [-0.05, 0) is 43.2 Å². The normalized spacial score (nSPS) is 19.0. The monoisotopic (exact) mass is 369 g/mol. The summed E-state index contributed by atoms with van der Waals surface area (Å²) in [6, 6.07) is 13.0. The van der Waals surface area contributed by atoms with Gasteiger partial charge in [0.05, 0.1) is 5.69 Å². The summed E-state index contributed by atoms with van der Waals surface area (Å²) >= 11 is 0. The first-order valence-corrected chi connectivity index (χ1v) is 9.56. The predicted octanol–water partition coefficient (Wildman–Crippen LogP) is 3.11. The van der Waals surface area contributed by atoms with E-state index in [0.29, 0.717) is 6.04 Å². The summed E-state index contributed by atoms with van der Waals surface area (Å²) in [6.45, 7) is 6.77. The number of aromatic nitrogens is 1. The maximum absolute atomic E-state index is 13.0. The molecule has 4 nitrogen and oxygen atoms in total. The fourth-order valence-electron chi connectivity index (χ4n) is 3.56. The highest BCUT2D eigenvalue weighted by molar-refractivity contribution is 5.48. The van der Waals surface area contributed by atoms with Crippen LogP contribution in [0.15, 0.2) is 48.5 Å². The van der Waals surface area contributed by atoms with Crippen LogP contribution in [0, 0.1) is 12.7 Å². The lowest BCUT2D eigenvalue weighted by molar-refractivity contribution is 0.0587. The molecule has 0 amide bonds. The van der Waals surface area contributed by atoms with E-state index < -0.39 is 0 Å². The van der Waals surface area contributed by atoms with Crippen molar-refractivity contribution in [3.63, 3.8) is 0 Å². The molecule has 0 bridgehead atoms. The Morgan fingerprint density at radius 2 is 2.00 bits per heavy atom. The lowest BCUT2D eigenvalue weighted by Gasteiger charge is -2.41. The first-order chi connectivity index (χ1) is 13.1. The van der Waals surface area contributed by atoms with Gasteiger partial charge in [0.25, 0.3) is 0 Å². The molecule has 1 fully saturated rings. The molecule has 5 heteroatoms. The largest absolute Gasteiger partial charge is 0.396 e. The van der Waals surface area contributed by atoms with Gasteiger partial charge in [-0.3, -0.25) is 14.8 Å². The molecule has 0 radical (unpaired) electrons. The van der Waals surface area contributed by atoms with Crippen LogP contribution < -0.4 is 0 Å². The van der Waals surface area contributed by atoms with Crippen molar-refractivity contribution in [1.82, 2.24) is 14.8 Å². The van der Waals surface area contributed by atoms with E-state index in [1.807, 2.05) is 19.1 Å². The molecule has 1 aromatic carbocycles. The number of hydrogen-bond donors (Lipinski definition) is 1. The van der Waals surface area contributed by atoms with Crippen LogP contribution in [0.5, 0.6) is 0 Å². The quantitative estimate of drug-likeness (QED) is 0.814. The minimum Gasteiger partial charge on any atom is -0.396 e. The fraction of sp³-hybridized carbons (Fsp3) is 0.409. The Balaban J connectivity index is 1.55. The van der Waals surface area contributed by atoms with Gasteiger partial charge in [0.15, 0.2) is 0 Å². The van der Waals surface area contributed by atoms with E-state index in [9.17, 15) is 9.50 Å². The lowest BCUT2D eigenvalue weighted by Crippen LogP contribution is -2.52. The van der Waals surface area contributed by atoms with Crippen molar-refractivity contribution in [1.29, 1.82) is 0 Å². The van der Waals surface area contributed by atoms with Crippen molar-refractivity contribution in [2.45, 2.75) is 25.9 Å². The third-order valence-electron chi connectivity index (χ3n) is 5.01. The predicted molar refractivity (Wildman–Crippen MR) is 107 cm³/mol. The van der Waals surface area contributed by atoms with Crippen molar-refractivity contribution in [2.24, 2.45) is 0 Å². The highest BCUT2D eigenvalue weighted by Gasteiger charge is 2.26. The number of hydrogen-bond acceptors (Lipinski definition) is 4. The van der Waals surface area contributed by atoms with Gasteiger partial charge in [-0.15, -0.1) is 0 Å². The molecule has 1 N–H and O–H groups in total. The third kappa shape index (κ3) is 5.96. The highest BCUT2D eigenvalue weighted by atomic mass is 19.1. The van der Waals surface area contributed by atoms with Gasteiger partial charge in [0, 0.05) is 51.1 Å². The molecule has 0 spiro atoms. The first kappa shape index (κ1) is 19.7. The second kappa shape index (κ2) is 9.74. The SMILES string of the molecule is Cc1cccc(CN2CCN(C/C=C/c3ccc(F)cc3)C[C@H]2CCO)n1. The van der Waals surface area contributed by atoms with Crippen molar-refractivity contribution in [3.8, 4) is 0 Å². The Morgan fingerprint density at radius 3 is 2.74 bits per heavy atom. The molecule has 1 aliphatic rings. The number of aliphatic hydroxyl groups is 1. The van der Waals surface area contributed by atoms with Gasteiger partial charge in [0.1, 0.15) is 5.82 Å². The Morgan fingerprint density at radius 1 is 1.19 bits per heavy atom. The summed E-state index contributed by atoms with van der Waals surface area (Å²) in [5, 5.41) is 9.47. The maximum Gasteiger partial charge on any atom is 0.123 e. The molecule has 2 aromatic rings. The molecule has 1 atom stereocenters. The molecule has 1 saturated heterocycles. The molecule has 1 aliphatic heterocycles. The molecule has 27 heavy (non-hydrogen) atoms. The molecule has 144 valence electrons. The molecule has 0 unspecified atom stereocenters. The van der Waals surface area contributed by atoms with E-state index in [2.05, 4.69) is 33.0 Å². The van der Waals surface area contributed by atoms with Gasteiger partial charge >= 0.3 is 0 Å². The minimum atomic E-state index is -0.210. The van der Waals surface area contributed by atoms with Gasteiger partial charge in [-0.25, -0.2) is 4.39 Å². The average Bonchev–Trinajstić information content (AvgIpc) is 2.66. The van der Waals surface area contributed by atoms with E-state index in [1.54, 1.807) is 12.1 Å². The standard InChI is InChI=1S/C22H28FN3O/c1-18-4-2-6-21(24-18)16-26-14-13-25(17-22(26)11-15-27)12-3-5-19-7-9-20(23)10-8-19/h2-10,22,27H,11-17H2,1H3/b5-3+/t22-/m1/s1. The van der Waals surface area contributed by atoms with E-state index in [4.69, 9.17) is 0 Å². The first-order valence-electron chi connectivity index (χ1n) is 9.56. The smallest absolute Gasteiger partial charge is 0.123 e. The Bertz CT molecular complexity index is 747. The molecule has 3 rings (SSSR count). The zero-order chi connectivity index (χ0) is 19.1. The number of nitrogens with zero attached hydrogens (tertiary/aromatic N) is 3. The Labute approximate surface area is 161 Å². The van der Waals surface area contributed by atoms with Crippen LogP contribution >= 0.6 is 0 Å². The summed E-state index contributed by atoms with van der Waals surface area (Å²) in [7, 11) is 0. The minimum absolute atomic E-state index is 0.196. The van der Waals surface area contributed by atoms with Crippen LogP contribution in [0.3, 0.4) is 0 Å². The van der Waals surface area contributed by atoms with Gasteiger partial charge in [0.2, 0.25) is 0 Å². The second-order valence-corrected chi connectivity index (χ2v) is 7.12. The molecule has 0 saturated carbocycles. The number of pyridine rings is 1. The number of rotatable bonds is 7. The van der Waals surface area contributed by atoms with Gasteiger partial charge < -0.3 is 5.11 Å². The fourth-order valence-corrected chi connectivity index (χ4v) is 3.56. The number of piperazine rings is 1. The van der Waals surface area contributed by atoms with Crippen LogP contribution in [0.1, 0.15) is 23.4 Å². The zero-order valence-electron chi connectivity index (χ0n) is 15.9. The van der Waals surface area contributed by atoms with E-state index >= 15 is 0 Å². The second-order valence-electron chi connectivity index (χ2n) is 7.12. The van der Waals surface area contributed by atoms with E-state index in [-0.39, 0.29) is 12.4 Å². The lowest BCUT2D eigenvalue weighted by atomic mass is 10.1. The summed E-state index contributed by atoms with van der Waals surface area (Å²) in [5.74, 6) is -0.210. The molecule has 0 aliphatic carbocycles. The van der Waals surface area contributed by atoms with Crippen molar-refractivity contribution in [3.05, 3.63) is 71.3 Å². The van der Waals surface area contributed by atoms with Crippen molar-refractivity contribution < 1.29 is 9.50 Å². The van der Waals surface area contributed by atoms with Crippen LogP contribution in [0.4, 0.5) is 4.39 Å². The topological polar surface area (TPSA) is 39.6 Å². The van der Waals surface area contributed by atoms with Crippen LogP contribution in [-0.4, -0.2) is 58.7 Å². The average molecular weight is 369 g/mol. The van der Waals surface area contributed by atoms with E-state index in [1.165, 1.54) is 12.1 Å². The number of benzene rings is 1. The van der Waals surface area contributed by atoms with Crippen LogP contribution in [0.2, 0.25) is 0 Å². The summed E-state index contributed by atoms with van der Waals surface area (Å²) in [6.07, 6.45) is 4.93. The van der Waals surface area contributed by atoms with E-state index in [0.717, 1.165) is 56.1 Å². The van der Waals surface area contributed by atoms with Crippen molar-refractivity contribution in [2.75, 3.05) is 32.8 Å². The van der Waals surface area contributed by atoms with Gasteiger partial charge in [-0.2, -0.15) is 0 Å². The molecule has 1 aromatic heterocycles. The van der Waals surface area contributed by atoms with Crippen LogP contribution in [-0.2, 0) is 6.54 Å². The van der Waals surface area contributed by atoms with Crippen molar-refractivity contribution >= 4 is 6.08 Å². The number of aliphatic hydroxyl groups excluding tert-OH is 1.